The van der Waals surface area contributed by atoms with Crippen LogP contribution in [0.2, 0.25) is 0 Å². The molecule has 2 aromatic heterocycles. The molecule has 0 fully saturated rings. The van der Waals surface area contributed by atoms with E-state index in [0.29, 0.717) is 21.1 Å². The van der Waals surface area contributed by atoms with Crippen molar-refractivity contribution < 1.29 is 19.1 Å². The van der Waals surface area contributed by atoms with E-state index >= 15 is 0 Å². The number of aromatic amines is 1. The molecule has 0 aliphatic heterocycles. The highest BCUT2D eigenvalue weighted by molar-refractivity contribution is 9.13. The number of H-pyrrole nitrogens is 1. The number of hydrogen-bond acceptors (Lipinski definition) is 6. The Bertz CT molecular complexity index is 754. The summed E-state index contributed by atoms with van der Waals surface area (Å²) in [6.07, 6.45) is 0.00294. The van der Waals surface area contributed by atoms with Crippen LogP contribution in [0.5, 0.6) is 0 Å². The lowest BCUT2D eigenvalue weighted by Crippen LogP contribution is -2.31. The average Bonchev–Trinajstić information content (AvgIpc) is 3.11. The smallest absolute Gasteiger partial charge is 0.325 e. The van der Waals surface area contributed by atoms with Gasteiger partial charge in [0.15, 0.2) is 5.13 Å². The number of thiazole rings is 1. The average molecular weight is 480 g/mol. The molecule has 3 N–H and O–H groups in total. The molecule has 2 amide bonds. The van der Waals surface area contributed by atoms with Crippen LogP contribution in [-0.2, 0) is 20.7 Å². The summed E-state index contributed by atoms with van der Waals surface area (Å²) < 4.78 is 5.82. The normalized spacial score (nSPS) is 10.3. The fraction of sp³-hybridized carbons (Fsp3) is 0.231. The highest BCUT2D eigenvalue weighted by Crippen LogP contribution is 2.24. The van der Waals surface area contributed by atoms with Crippen LogP contribution in [0.25, 0.3) is 0 Å². The summed E-state index contributed by atoms with van der Waals surface area (Å²) in [5, 5.41) is 7.09. The van der Waals surface area contributed by atoms with Gasteiger partial charge in [-0.15, -0.1) is 11.3 Å². The lowest BCUT2D eigenvalue weighted by molar-refractivity contribution is -0.141. The molecule has 0 saturated heterocycles. The van der Waals surface area contributed by atoms with Crippen molar-refractivity contribution in [2.45, 2.75) is 6.42 Å². The van der Waals surface area contributed by atoms with Crippen molar-refractivity contribution in [1.82, 2.24) is 15.3 Å². The largest absolute Gasteiger partial charge is 0.468 e. The number of methoxy groups -OCH3 is 1. The zero-order valence-corrected chi connectivity index (χ0v) is 16.3. The van der Waals surface area contributed by atoms with Gasteiger partial charge in [-0.05, 0) is 37.9 Å². The molecule has 0 aromatic carbocycles. The first-order chi connectivity index (χ1) is 11.4. The predicted octanol–water partition coefficient (Wildman–Crippen LogP) is 2.08. The third kappa shape index (κ3) is 5.14. The predicted molar refractivity (Wildman–Crippen MR) is 95.0 cm³/mol. The Labute approximate surface area is 157 Å². The monoisotopic (exact) mass is 478 g/mol. The summed E-state index contributed by atoms with van der Waals surface area (Å²) in [6, 6.07) is 1.63. The zero-order chi connectivity index (χ0) is 17.7. The maximum absolute atomic E-state index is 12.1. The highest BCUT2D eigenvalue weighted by atomic mass is 79.9. The number of rotatable bonds is 6. The Morgan fingerprint density at radius 1 is 1.38 bits per heavy atom. The standard InChI is InChI=1S/C13H12Br2N4O4S/c1-23-10(21)4-16-9(20)2-6-5-24-13(17-6)19-12(22)8-3-7(14)11(15)18-8/h3,5,18H,2,4H2,1H3,(H,16,20)(H,17,19,22). The second kappa shape index (κ2) is 8.40. The molecule has 2 heterocycles. The molecule has 8 nitrogen and oxygen atoms in total. The van der Waals surface area contributed by atoms with Crippen molar-refractivity contribution in [3.63, 3.8) is 0 Å². The molecular weight excluding hydrogens is 468 g/mol. The molecule has 0 unspecified atom stereocenters. The van der Waals surface area contributed by atoms with E-state index in [2.05, 4.69) is 57.2 Å². The van der Waals surface area contributed by atoms with Gasteiger partial charge in [-0.1, -0.05) is 0 Å². The van der Waals surface area contributed by atoms with Crippen LogP contribution in [-0.4, -0.2) is 41.4 Å². The van der Waals surface area contributed by atoms with Crippen LogP contribution in [0, 0.1) is 0 Å². The Morgan fingerprint density at radius 3 is 2.75 bits per heavy atom. The molecule has 0 atom stereocenters. The minimum atomic E-state index is -0.530. The quantitative estimate of drug-likeness (QED) is 0.549. The Balaban J connectivity index is 1.89. The maximum Gasteiger partial charge on any atom is 0.325 e. The number of amides is 2. The van der Waals surface area contributed by atoms with Gasteiger partial charge < -0.3 is 15.0 Å². The number of anilines is 1. The van der Waals surface area contributed by atoms with Crippen molar-refractivity contribution in [2.75, 3.05) is 19.0 Å². The molecule has 0 saturated carbocycles. The van der Waals surface area contributed by atoms with E-state index in [0.717, 1.165) is 4.47 Å². The van der Waals surface area contributed by atoms with Crippen LogP contribution in [0.4, 0.5) is 5.13 Å². The van der Waals surface area contributed by atoms with Crippen LogP contribution in [0.3, 0.4) is 0 Å². The summed E-state index contributed by atoms with van der Waals surface area (Å²) in [5.41, 5.74) is 0.854. The van der Waals surface area contributed by atoms with Crippen molar-refractivity contribution >= 4 is 66.1 Å². The number of halogens is 2. The van der Waals surface area contributed by atoms with E-state index < -0.39 is 5.97 Å². The van der Waals surface area contributed by atoms with E-state index in [9.17, 15) is 14.4 Å². The van der Waals surface area contributed by atoms with Crippen molar-refractivity contribution in [2.24, 2.45) is 0 Å². The first-order valence-electron chi connectivity index (χ1n) is 6.52. The number of esters is 1. The molecular formula is C13H12Br2N4O4S. The van der Waals surface area contributed by atoms with Gasteiger partial charge in [0.25, 0.3) is 5.91 Å². The molecule has 11 heteroatoms. The number of nitrogens with zero attached hydrogens (tertiary/aromatic N) is 1. The van der Waals surface area contributed by atoms with Gasteiger partial charge in [0.2, 0.25) is 5.91 Å². The molecule has 24 heavy (non-hydrogen) atoms. The third-order valence-electron chi connectivity index (χ3n) is 2.74. The molecule has 0 radical (unpaired) electrons. The molecule has 0 aliphatic rings. The van der Waals surface area contributed by atoms with Gasteiger partial charge in [0, 0.05) is 5.38 Å². The van der Waals surface area contributed by atoms with Crippen LogP contribution >= 0.6 is 43.2 Å². The fourth-order valence-corrected chi connectivity index (χ4v) is 2.97. The second-order valence-electron chi connectivity index (χ2n) is 4.47. The minimum Gasteiger partial charge on any atom is -0.468 e. The van der Waals surface area contributed by atoms with E-state index in [1.165, 1.54) is 18.4 Å². The Hall–Kier alpha value is -1.72. The van der Waals surface area contributed by atoms with Crippen LogP contribution in [0.1, 0.15) is 16.2 Å². The van der Waals surface area contributed by atoms with Gasteiger partial charge in [-0.3, -0.25) is 19.7 Å². The number of hydrogen-bond donors (Lipinski definition) is 3. The minimum absolute atomic E-state index is 0.00294. The lowest BCUT2D eigenvalue weighted by Gasteiger charge is -2.02. The molecule has 2 aromatic rings. The van der Waals surface area contributed by atoms with Crippen LogP contribution < -0.4 is 10.6 Å². The molecule has 0 bridgehead atoms. The summed E-state index contributed by atoms with van der Waals surface area (Å²) in [4.78, 5) is 41.7. The first kappa shape index (κ1) is 18.6. The van der Waals surface area contributed by atoms with E-state index in [1.807, 2.05) is 0 Å². The van der Waals surface area contributed by atoms with Crippen LogP contribution in [0.15, 0.2) is 20.5 Å². The number of carbonyl (C=O) groups excluding carboxylic acids is 3. The summed E-state index contributed by atoms with van der Waals surface area (Å²) in [5.74, 6) is -1.24. The van der Waals surface area contributed by atoms with Gasteiger partial charge >= 0.3 is 5.97 Å². The van der Waals surface area contributed by atoms with Gasteiger partial charge in [-0.2, -0.15) is 0 Å². The van der Waals surface area contributed by atoms with Crippen molar-refractivity contribution in [3.8, 4) is 0 Å². The fourth-order valence-electron chi connectivity index (χ4n) is 1.61. The SMILES string of the molecule is COC(=O)CNC(=O)Cc1csc(NC(=O)c2cc(Br)c(Br)[nH]2)n1. The molecule has 128 valence electrons. The molecule has 2 rings (SSSR count). The van der Waals surface area contributed by atoms with E-state index in [4.69, 9.17) is 0 Å². The van der Waals surface area contributed by atoms with Gasteiger partial charge in [-0.25, -0.2) is 4.98 Å². The van der Waals surface area contributed by atoms with E-state index in [1.54, 1.807) is 11.4 Å². The van der Waals surface area contributed by atoms with Gasteiger partial charge in [0.05, 0.1) is 28.3 Å². The molecule has 0 aliphatic carbocycles. The highest BCUT2D eigenvalue weighted by Gasteiger charge is 2.14. The Kier molecular flexibility index (Phi) is 6.52. The first-order valence-corrected chi connectivity index (χ1v) is 8.99. The number of ether oxygens (including phenoxy) is 1. The maximum atomic E-state index is 12.1. The summed E-state index contributed by atoms with van der Waals surface area (Å²) in [6.45, 7) is -0.195. The molecule has 0 spiro atoms. The third-order valence-corrected chi connectivity index (χ3v) is 5.33. The van der Waals surface area contributed by atoms with Crippen molar-refractivity contribution in [1.29, 1.82) is 0 Å². The van der Waals surface area contributed by atoms with Gasteiger partial charge in [0.1, 0.15) is 12.2 Å². The topological polar surface area (TPSA) is 113 Å². The number of carbonyl (C=O) groups is 3. The summed E-state index contributed by atoms with van der Waals surface area (Å²) >= 11 is 7.74. The number of nitrogens with one attached hydrogen (secondary N) is 3. The number of aromatic nitrogens is 2. The zero-order valence-electron chi connectivity index (χ0n) is 12.3. The summed E-state index contributed by atoms with van der Waals surface area (Å²) in [7, 11) is 1.24. The lowest BCUT2D eigenvalue weighted by atomic mass is 10.3. The second-order valence-corrected chi connectivity index (χ2v) is 6.98. The Morgan fingerprint density at radius 2 is 2.12 bits per heavy atom. The van der Waals surface area contributed by atoms with E-state index in [-0.39, 0.29) is 24.8 Å². The van der Waals surface area contributed by atoms with Crippen molar-refractivity contribution in [3.05, 3.63) is 31.9 Å².